The van der Waals surface area contributed by atoms with Crippen LogP contribution in [0, 0.1) is 5.82 Å². The van der Waals surface area contributed by atoms with Gasteiger partial charge in [-0.15, -0.1) is 0 Å². The van der Waals surface area contributed by atoms with E-state index in [9.17, 15) is 18.8 Å². The zero-order chi connectivity index (χ0) is 21.7. The first-order chi connectivity index (χ1) is 14.4. The molecule has 2 heterocycles. The predicted octanol–water partition coefficient (Wildman–Crippen LogP) is 1.94. The van der Waals surface area contributed by atoms with Gasteiger partial charge in [0.05, 0.1) is 0 Å². The van der Waals surface area contributed by atoms with Crippen molar-refractivity contribution in [2.75, 3.05) is 6.54 Å². The third-order valence-corrected chi connectivity index (χ3v) is 4.79. The van der Waals surface area contributed by atoms with Crippen LogP contribution in [0.5, 0.6) is 5.75 Å². The summed E-state index contributed by atoms with van der Waals surface area (Å²) in [4.78, 5) is 41.4. The molecule has 0 radical (unpaired) electrons. The quantitative estimate of drug-likeness (QED) is 0.482. The van der Waals surface area contributed by atoms with Gasteiger partial charge in [0, 0.05) is 0 Å². The Morgan fingerprint density at radius 2 is 1.90 bits per heavy atom. The van der Waals surface area contributed by atoms with E-state index in [0.717, 1.165) is 4.90 Å². The Kier molecular flexibility index (Phi) is 6.28. The second kappa shape index (κ2) is 8.89. The van der Waals surface area contributed by atoms with Crippen LogP contribution < -0.4 is 10.1 Å². The zero-order valence-corrected chi connectivity index (χ0v) is 16.5. The van der Waals surface area contributed by atoms with Gasteiger partial charge >= 0.3 is 12.0 Å². The van der Waals surface area contributed by atoms with Crippen LogP contribution in [0.15, 0.2) is 28.8 Å². The van der Waals surface area contributed by atoms with E-state index in [4.69, 9.17) is 14.0 Å². The lowest BCUT2D eigenvalue weighted by atomic mass is 9.93. The summed E-state index contributed by atoms with van der Waals surface area (Å²) in [5, 5.41) is 6.32. The van der Waals surface area contributed by atoms with E-state index >= 15 is 0 Å². The lowest BCUT2D eigenvalue weighted by molar-refractivity contribution is -0.149. The number of nitrogens with zero attached hydrogens (tertiary/aromatic N) is 3. The number of rotatable bonds is 9. The molecule has 1 saturated heterocycles. The highest BCUT2D eigenvalue weighted by atomic mass is 19.1. The molecule has 0 saturated carbocycles. The zero-order valence-electron chi connectivity index (χ0n) is 16.5. The number of carbonyl (C=O) groups excluding carboxylic acids is 3. The Bertz CT molecular complexity index is 925. The van der Waals surface area contributed by atoms with Gasteiger partial charge in [-0.3, -0.25) is 14.5 Å². The van der Waals surface area contributed by atoms with Crippen molar-refractivity contribution in [2.24, 2.45) is 0 Å². The number of hydrogen-bond donors (Lipinski definition) is 1. The molecule has 160 valence electrons. The maximum absolute atomic E-state index is 12.9. The molecule has 0 bridgehead atoms. The minimum atomic E-state index is -0.983. The molecule has 1 fully saturated rings. The van der Waals surface area contributed by atoms with Crippen LogP contribution >= 0.6 is 0 Å². The molecular weight excluding hydrogens is 399 g/mol. The van der Waals surface area contributed by atoms with Gasteiger partial charge in [0.25, 0.3) is 11.8 Å². The number of aromatic nitrogens is 2. The number of esters is 1. The third-order valence-electron chi connectivity index (χ3n) is 4.79. The molecule has 1 aliphatic heterocycles. The topological polar surface area (TPSA) is 124 Å². The summed E-state index contributed by atoms with van der Waals surface area (Å²) >= 11 is 0. The second-order valence-electron chi connectivity index (χ2n) is 6.62. The van der Waals surface area contributed by atoms with Crippen LogP contribution in [0.1, 0.15) is 38.4 Å². The number of benzene rings is 1. The van der Waals surface area contributed by atoms with Crippen molar-refractivity contribution in [3.05, 3.63) is 41.8 Å². The smallest absolute Gasteiger partial charge is 0.326 e. The Morgan fingerprint density at radius 1 is 1.20 bits per heavy atom. The summed E-state index contributed by atoms with van der Waals surface area (Å²) in [7, 11) is 0. The largest absolute Gasteiger partial charge is 0.485 e. The van der Waals surface area contributed by atoms with E-state index in [1.165, 1.54) is 24.3 Å². The van der Waals surface area contributed by atoms with Gasteiger partial charge in [-0.2, -0.15) is 4.98 Å². The van der Waals surface area contributed by atoms with Crippen molar-refractivity contribution >= 4 is 17.9 Å². The number of imide groups is 1. The summed E-state index contributed by atoms with van der Waals surface area (Å²) in [6.07, 6.45) is 0.842. The summed E-state index contributed by atoms with van der Waals surface area (Å²) in [6.45, 7) is 2.72. The van der Waals surface area contributed by atoms with Crippen LogP contribution in [0.3, 0.4) is 0 Å². The normalized spacial score (nSPS) is 15.2. The number of amides is 3. The molecule has 1 N–H and O–H groups in total. The summed E-state index contributed by atoms with van der Waals surface area (Å²) in [6, 6.07) is 4.80. The number of urea groups is 1. The molecule has 3 amide bonds. The number of halogens is 1. The van der Waals surface area contributed by atoms with Crippen LogP contribution in [-0.4, -0.2) is 45.0 Å². The maximum atomic E-state index is 12.9. The minimum absolute atomic E-state index is 0.0229. The second-order valence-corrected chi connectivity index (χ2v) is 6.62. The van der Waals surface area contributed by atoms with Gasteiger partial charge in [0.15, 0.2) is 13.2 Å². The molecule has 10 nitrogen and oxygen atoms in total. The molecule has 0 atom stereocenters. The standard InChI is InChI=1S/C19H21FN4O6/c1-3-19(4-2)17(26)24(18(27)22-19)9-16(25)29-11-15-21-14(23-30-15)10-28-13-7-5-12(20)6-8-13/h5-8H,3-4,9-11H2,1-2H3,(H,22,27). The first kappa shape index (κ1) is 21.2. The number of hydrogen-bond acceptors (Lipinski definition) is 8. The molecule has 2 aromatic rings. The molecule has 3 rings (SSSR count). The predicted molar refractivity (Wildman–Crippen MR) is 98.4 cm³/mol. The van der Waals surface area contributed by atoms with E-state index < -0.39 is 30.0 Å². The van der Waals surface area contributed by atoms with Gasteiger partial charge in [0.2, 0.25) is 5.82 Å². The van der Waals surface area contributed by atoms with E-state index in [1.807, 2.05) is 0 Å². The van der Waals surface area contributed by atoms with Gasteiger partial charge in [-0.05, 0) is 37.1 Å². The summed E-state index contributed by atoms with van der Waals surface area (Å²) < 4.78 is 28.2. The highest BCUT2D eigenvalue weighted by Gasteiger charge is 2.49. The molecule has 1 aromatic carbocycles. The Morgan fingerprint density at radius 3 is 2.53 bits per heavy atom. The van der Waals surface area contributed by atoms with Gasteiger partial charge in [0.1, 0.15) is 23.7 Å². The van der Waals surface area contributed by atoms with E-state index in [0.29, 0.717) is 18.6 Å². The lowest BCUT2D eigenvalue weighted by Crippen LogP contribution is -2.46. The first-order valence-corrected chi connectivity index (χ1v) is 9.36. The number of nitrogens with one attached hydrogen (secondary N) is 1. The highest BCUT2D eigenvalue weighted by molar-refractivity contribution is 6.08. The van der Waals surface area contributed by atoms with Crippen molar-refractivity contribution in [2.45, 2.75) is 45.4 Å². The van der Waals surface area contributed by atoms with Crippen LogP contribution in [0.4, 0.5) is 9.18 Å². The molecule has 0 unspecified atom stereocenters. The SMILES string of the molecule is CCC1(CC)NC(=O)N(CC(=O)OCc2nc(COc3ccc(F)cc3)no2)C1=O. The average molecular weight is 420 g/mol. The fourth-order valence-corrected chi connectivity index (χ4v) is 2.95. The van der Waals surface area contributed by atoms with Crippen LogP contribution in [-0.2, 0) is 27.5 Å². The summed E-state index contributed by atoms with van der Waals surface area (Å²) in [5.41, 5.74) is -0.983. The summed E-state index contributed by atoms with van der Waals surface area (Å²) in [5.74, 6) is -0.965. The first-order valence-electron chi connectivity index (χ1n) is 9.36. The molecular formula is C19H21FN4O6. The minimum Gasteiger partial charge on any atom is -0.485 e. The molecule has 0 aliphatic carbocycles. The van der Waals surface area contributed by atoms with E-state index in [2.05, 4.69) is 15.5 Å². The number of carbonyl (C=O) groups is 3. The Balaban J connectivity index is 1.48. The van der Waals surface area contributed by atoms with Crippen LogP contribution in [0.2, 0.25) is 0 Å². The highest BCUT2D eigenvalue weighted by Crippen LogP contribution is 2.24. The van der Waals surface area contributed by atoms with Gasteiger partial charge in [-0.25, -0.2) is 9.18 Å². The third kappa shape index (κ3) is 4.56. The lowest BCUT2D eigenvalue weighted by Gasteiger charge is -2.22. The molecule has 11 heteroatoms. The van der Waals surface area contributed by atoms with E-state index in [1.54, 1.807) is 13.8 Å². The fourth-order valence-electron chi connectivity index (χ4n) is 2.95. The molecule has 30 heavy (non-hydrogen) atoms. The van der Waals surface area contributed by atoms with E-state index in [-0.39, 0.29) is 30.7 Å². The van der Waals surface area contributed by atoms with Crippen LogP contribution in [0.25, 0.3) is 0 Å². The fraction of sp³-hybridized carbons (Fsp3) is 0.421. The molecule has 0 spiro atoms. The molecule has 1 aromatic heterocycles. The van der Waals surface area contributed by atoms with Crippen molar-refractivity contribution in [1.29, 1.82) is 0 Å². The van der Waals surface area contributed by atoms with Crippen molar-refractivity contribution in [1.82, 2.24) is 20.4 Å². The Hall–Kier alpha value is -3.50. The van der Waals surface area contributed by atoms with Crippen molar-refractivity contribution in [3.63, 3.8) is 0 Å². The monoisotopic (exact) mass is 420 g/mol. The van der Waals surface area contributed by atoms with Gasteiger partial charge in [-0.1, -0.05) is 19.0 Å². The maximum Gasteiger partial charge on any atom is 0.326 e. The van der Waals surface area contributed by atoms with Gasteiger partial charge < -0.3 is 19.3 Å². The Labute approximate surface area is 171 Å². The average Bonchev–Trinajstić information content (AvgIpc) is 3.30. The van der Waals surface area contributed by atoms with Crippen molar-refractivity contribution in [3.8, 4) is 5.75 Å². The number of ether oxygens (including phenoxy) is 2. The molecule has 1 aliphatic rings. The van der Waals surface area contributed by atoms with Crippen molar-refractivity contribution < 1.29 is 32.8 Å².